The number of hydrogen-bond acceptors (Lipinski definition) is 7. The predicted octanol–water partition coefficient (Wildman–Crippen LogP) is 2.64. The van der Waals surface area contributed by atoms with E-state index in [0.29, 0.717) is 18.2 Å². The molecule has 0 aliphatic carbocycles. The fraction of sp³-hybridized carbons (Fsp3) is 0.308. The number of nitrogens with one attached hydrogen (secondary N) is 2. The Bertz CT molecular complexity index is 681. The number of methoxy groups -OCH3 is 1. The lowest BCUT2D eigenvalue weighted by atomic mass is 10.3. The fourth-order valence-electron chi connectivity index (χ4n) is 1.73. The van der Waals surface area contributed by atoms with E-state index in [1.54, 1.807) is 7.11 Å². The average molecular weight is 388 g/mol. The molecule has 0 unspecified atom stereocenters. The van der Waals surface area contributed by atoms with Crippen LogP contribution in [0.15, 0.2) is 27.3 Å². The summed E-state index contributed by atoms with van der Waals surface area (Å²) in [5, 5.41) is 28.9. The Morgan fingerprint density at radius 2 is 2.30 bits per heavy atom. The highest BCUT2D eigenvalue weighted by molar-refractivity contribution is 9.10. The number of hydroxylamine groups is 1. The van der Waals surface area contributed by atoms with E-state index < -0.39 is 5.82 Å². The normalized spacial score (nSPS) is 10.6. The highest BCUT2D eigenvalue weighted by Crippen LogP contribution is 2.24. The van der Waals surface area contributed by atoms with Gasteiger partial charge in [0.05, 0.1) is 10.2 Å². The summed E-state index contributed by atoms with van der Waals surface area (Å²) in [7, 11) is 1.60. The maximum atomic E-state index is 13.2. The molecule has 23 heavy (non-hydrogen) atoms. The van der Waals surface area contributed by atoms with Crippen molar-refractivity contribution in [3.8, 4) is 0 Å². The first-order valence-electron chi connectivity index (χ1n) is 6.63. The van der Waals surface area contributed by atoms with Crippen LogP contribution in [0.2, 0.25) is 0 Å². The first kappa shape index (κ1) is 17.3. The molecule has 0 aliphatic heterocycles. The van der Waals surface area contributed by atoms with Gasteiger partial charge in [0.25, 0.3) is 0 Å². The number of aromatic nitrogens is 2. The van der Waals surface area contributed by atoms with Crippen molar-refractivity contribution in [2.45, 2.75) is 6.42 Å². The number of nitrogens with zero attached hydrogens (tertiary/aromatic N) is 3. The highest BCUT2D eigenvalue weighted by Gasteiger charge is 2.21. The summed E-state index contributed by atoms with van der Waals surface area (Å²) in [4.78, 5) is 0. The van der Waals surface area contributed by atoms with Crippen LogP contribution in [-0.4, -0.2) is 41.6 Å². The summed E-state index contributed by atoms with van der Waals surface area (Å²) >= 11 is 3.02. The van der Waals surface area contributed by atoms with Gasteiger partial charge in [-0.2, -0.15) is 0 Å². The second-order valence-electron chi connectivity index (χ2n) is 4.49. The quantitative estimate of drug-likeness (QED) is 0.290. The minimum Gasteiger partial charge on any atom is -0.385 e. The van der Waals surface area contributed by atoms with E-state index in [1.165, 1.54) is 18.2 Å². The number of ether oxygens (including phenoxy) is 1. The van der Waals surface area contributed by atoms with Crippen molar-refractivity contribution in [2.24, 2.45) is 0 Å². The molecule has 0 saturated carbocycles. The number of halogens is 2. The molecule has 0 amide bonds. The zero-order valence-corrected chi connectivity index (χ0v) is 13.8. The lowest BCUT2D eigenvalue weighted by molar-refractivity contribution is 0.197. The van der Waals surface area contributed by atoms with Crippen LogP contribution in [0.5, 0.6) is 0 Å². The Kier molecular flexibility index (Phi) is 6.02. The van der Waals surface area contributed by atoms with Gasteiger partial charge in [0.15, 0.2) is 11.5 Å². The molecule has 2 rings (SSSR count). The summed E-state index contributed by atoms with van der Waals surface area (Å²) in [6.07, 6.45) is 0.726. The van der Waals surface area contributed by atoms with Crippen molar-refractivity contribution in [2.75, 3.05) is 30.6 Å². The van der Waals surface area contributed by atoms with E-state index in [9.17, 15) is 9.60 Å². The Morgan fingerprint density at radius 1 is 1.52 bits per heavy atom. The van der Waals surface area contributed by atoms with E-state index >= 15 is 0 Å². The van der Waals surface area contributed by atoms with Gasteiger partial charge in [0.2, 0.25) is 5.82 Å². The molecular weight excluding hydrogens is 373 g/mol. The van der Waals surface area contributed by atoms with E-state index in [1.807, 2.05) is 0 Å². The highest BCUT2D eigenvalue weighted by atomic mass is 79.9. The summed E-state index contributed by atoms with van der Waals surface area (Å²) in [6.45, 7) is 1.11. The van der Waals surface area contributed by atoms with E-state index in [4.69, 9.17) is 10.1 Å². The minimum atomic E-state index is -0.475. The minimum absolute atomic E-state index is 0.0327. The van der Waals surface area contributed by atoms with E-state index in [0.717, 1.165) is 6.42 Å². The largest absolute Gasteiger partial charge is 0.385 e. The third-order valence-electron chi connectivity index (χ3n) is 2.89. The molecule has 1 heterocycles. The molecule has 8 nitrogen and oxygen atoms in total. The first-order chi connectivity index (χ1) is 11.0. The summed E-state index contributed by atoms with van der Waals surface area (Å²) in [5.41, 5.74) is 0.224. The molecule has 1 aromatic heterocycles. The molecule has 3 N–H and O–H groups in total. The zero-order valence-electron chi connectivity index (χ0n) is 12.2. The second-order valence-corrected chi connectivity index (χ2v) is 5.35. The van der Waals surface area contributed by atoms with Crippen LogP contribution in [-0.2, 0) is 4.74 Å². The average Bonchev–Trinajstić information content (AvgIpc) is 3.01. The SMILES string of the molecule is COCCCNc1nonc1C(=N)N(O)c1ccc(F)c(Br)c1. The number of benzene rings is 1. The number of rotatable bonds is 7. The van der Waals surface area contributed by atoms with Gasteiger partial charge in [0, 0.05) is 20.3 Å². The summed E-state index contributed by atoms with van der Waals surface area (Å²) in [6, 6.07) is 3.83. The Labute approximate surface area is 139 Å². The molecule has 0 spiro atoms. The van der Waals surface area contributed by atoms with Gasteiger partial charge in [-0.15, -0.1) is 0 Å². The molecule has 2 aromatic rings. The Hall–Kier alpha value is -2.04. The van der Waals surface area contributed by atoms with Crippen LogP contribution < -0.4 is 10.4 Å². The lowest BCUT2D eigenvalue weighted by Gasteiger charge is -2.16. The van der Waals surface area contributed by atoms with E-state index in [2.05, 4.69) is 36.2 Å². The maximum Gasteiger partial charge on any atom is 0.202 e. The summed E-state index contributed by atoms with van der Waals surface area (Å²) < 4.78 is 23.0. The smallest absolute Gasteiger partial charge is 0.202 e. The van der Waals surface area contributed by atoms with Crippen molar-refractivity contribution in [3.63, 3.8) is 0 Å². The van der Waals surface area contributed by atoms with Crippen LogP contribution in [0.1, 0.15) is 12.1 Å². The van der Waals surface area contributed by atoms with Crippen molar-refractivity contribution in [3.05, 3.63) is 34.2 Å². The van der Waals surface area contributed by atoms with Gasteiger partial charge in [0.1, 0.15) is 5.82 Å². The predicted molar refractivity (Wildman–Crippen MR) is 84.5 cm³/mol. The molecule has 0 atom stereocenters. The van der Waals surface area contributed by atoms with Crippen LogP contribution in [0.25, 0.3) is 0 Å². The van der Waals surface area contributed by atoms with Gasteiger partial charge in [-0.05, 0) is 50.9 Å². The number of amidine groups is 1. The molecule has 0 saturated heterocycles. The van der Waals surface area contributed by atoms with Gasteiger partial charge in [-0.1, -0.05) is 0 Å². The number of hydrogen-bond donors (Lipinski definition) is 3. The molecule has 1 aromatic carbocycles. The maximum absolute atomic E-state index is 13.2. The third-order valence-corrected chi connectivity index (χ3v) is 3.50. The molecular formula is C13H15BrFN5O3. The van der Waals surface area contributed by atoms with Crippen molar-refractivity contribution in [1.29, 1.82) is 5.41 Å². The van der Waals surface area contributed by atoms with Crippen molar-refractivity contribution < 1.29 is 19.0 Å². The molecule has 0 fully saturated rings. The van der Waals surface area contributed by atoms with Gasteiger partial charge < -0.3 is 10.1 Å². The molecule has 0 bridgehead atoms. The second kappa shape index (κ2) is 7.99. The molecule has 0 aliphatic rings. The van der Waals surface area contributed by atoms with Crippen LogP contribution in [0.4, 0.5) is 15.9 Å². The van der Waals surface area contributed by atoms with Crippen molar-refractivity contribution >= 4 is 33.3 Å². The van der Waals surface area contributed by atoms with Gasteiger partial charge in [-0.25, -0.2) is 14.1 Å². The third kappa shape index (κ3) is 4.24. The van der Waals surface area contributed by atoms with Gasteiger partial charge in [-0.3, -0.25) is 10.6 Å². The Morgan fingerprint density at radius 3 is 3.00 bits per heavy atom. The Balaban J connectivity index is 2.10. The number of anilines is 2. The summed E-state index contributed by atoms with van der Waals surface area (Å²) in [5.74, 6) is -0.609. The van der Waals surface area contributed by atoms with Crippen LogP contribution >= 0.6 is 15.9 Å². The zero-order chi connectivity index (χ0) is 16.8. The molecule has 124 valence electrons. The van der Waals surface area contributed by atoms with Crippen molar-refractivity contribution in [1.82, 2.24) is 10.3 Å². The van der Waals surface area contributed by atoms with Gasteiger partial charge >= 0.3 is 0 Å². The monoisotopic (exact) mass is 387 g/mol. The first-order valence-corrected chi connectivity index (χ1v) is 7.42. The lowest BCUT2D eigenvalue weighted by Crippen LogP contribution is -2.28. The van der Waals surface area contributed by atoms with Crippen LogP contribution in [0, 0.1) is 11.2 Å². The fourth-order valence-corrected chi connectivity index (χ4v) is 2.10. The molecule has 0 radical (unpaired) electrons. The topological polar surface area (TPSA) is 108 Å². The van der Waals surface area contributed by atoms with Crippen LogP contribution in [0.3, 0.4) is 0 Å². The van der Waals surface area contributed by atoms with E-state index in [-0.39, 0.29) is 27.5 Å². The standard InChI is InChI=1S/C13H15BrFN5O3/c1-22-6-2-5-17-13-11(18-23-19-13)12(16)20(21)8-3-4-10(15)9(14)7-8/h3-4,7,16,21H,2,5-6H2,1H3,(H,17,19). The molecule has 10 heteroatoms.